The molecular formula is C15H28N2O3. The fourth-order valence-electron chi connectivity index (χ4n) is 4.15. The number of carbonyl (C=O) groups excluding carboxylic acids is 1. The Labute approximate surface area is 121 Å². The quantitative estimate of drug-likeness (QED) is 0.844. The maximum absolute atomic E-state index is 12.3. The number of carbonyl (C=O) groups is 1. The zero-order chi connectivity index (χ0) is 15.4. The number of nitrogens with zero attached hydrogens (tertiary/aromatic N) is 1. The summed E-state index contributed by atoms with van der Waals surface area (Å²) in [6, 6.07) is 0. The molecule has 2 saturated heterocycles. The fraction of sp³-hybridized carbons (Fsp3) is 0.933. The SMILES string of the molecule is CCC1(C)OC2(CC(C)(C)N(OC)C(C)(C)C2)NC1=O. The van der Waals surface area contributed by atoms with Gasteiger partial charge in [0.2, 0.25) is 0 Å². The molecule has 0 aromatic carbocycles. The van der Waals surface area contributed by atoms with Crippen LogP contribution in [0.5, 0.6) is 0 Å². The van der Waals surface area contributed by atoms with E-state index in [1.807, 2.05) is 18.9 Å². The van der Waals surface area contributed by atoms with Crippen molar-refractivity contribution < 1.29 is 14.4 Å². The highest BCUT2D eigenvalue weighted by Gasteiger charge is 2.61. The predicted octanol–water partition coefficient (Wildman–Crippen LogP) is 2.21. The molecule has 2 aliphatic heterocycles. The van der Waals surface area contributed by atoms with Crippen molar-refractivity contribution >= 4 is 5.91 Å². The van der Waals surface area contributed by atoms with Crippen molar-refractivity contribution in [3.8, 4) is 0 Å². The van der Waals surface area contributed by atoms with Crippen molar-refractivity contribution in [2.24, 2.45) is 0 Å². The van der Waals surface area contributed by atoms with Crippen LogP contribution in [0.1, 0.15) is 60.8 Å². The second-order valence-corrected chi connectivity index (χ2v) is 7.59. The minimum absolute atomic E-state index is 0.00235. The van der Waals surface area contributed by atoms with E-state index in [2.05, 4.69) is 33.0 Å². The summed E-state index contributed by atoms with van der Waals surface area (Å²) in [6.45, 7) is 12.3. The van der Waals surface area contributed by atoms with E-state index in [0.29, 0.717) is 19.3 Å². The predicted molar refractivity (Wildman–Crippen MR) is 76.9 cm³/mol. The largest absolute Gasteiger partial charge is 0.340 e. The highest BCUT2D eigenvalue weighted by atomic mass is 16.7. The molecule has 0 saturated carbocycles. The molecule has 0 aromatic rings. The number of ether oxygens (including phenoxy) is 1. The molecule has 1 amide bonds. The average molecular weight is 284 g/mol. The number of hydrogen-bond donors (Lipinski definition) is 1. The third kappa shape index (κ3) is 2.26. The van der Waals surface area contributed by atoms with Gasteiger partial charge in [-0.15, -0.1) is 0 Å². The van der Waals surface area contributed by atoms with Gasteiger partial charge in [-0.2, -0.15) is 5.06 Å². The average Bonchev–Trinajstić information content (AvgIpc) is 2.47. The van der Waals surface area contributed by atoms with Crippen molar-refractivity contribution in [3.05, 3.63) is 0 Å². The molecule has 1 unspecified atom stereocenters. The van der Waals surface area contributed by atoms with E-state index in [1.165, 1.54) is 0 Å². The molecule has 116 valence electrons. The molecule has 2 aliphatic rings. The summed E-state index contributed by atoms with van der Waals surface area (Å²) in [4.78, 5) is 17.9. The van der Waals surface area contributed by atoms with E-state index < -0.39 is 11.3 Å². The molecule has 0 bridgehead atoms. The molecule has 1 N–H and O–H groups in total. The molecule has 5 nitrogen and oxygen atoms in total. The fourth-order valence-corrected chi connectivity index (χ4v) is 4.15. The van der Waals surface area contributed by atoms with Crippen LogP contribution in [0.25, 0.3) is 0 Å². The van der Waals surface area contributed by atoms with Gasteiger partial charge in [-0.1, -0.05) is 6.92 Å². The van der Waals surface area contributed by atoms with Gasteiger partial charge in [0.1, 0.15) is 11.3 Å². The smallest absolute Gasteiger partial charge is 0.254 e. The monoisotopic (exact) mass is 284 g/mol. The second kappa shape index (κ2) is 4.42. The summed E-state index contributed by atoms with van der Waals surface area (Å²) in [5, 5.41) is 5.14. The van der Waals surface area contributed by atoms with Gasteiger partial charge >= 0.3 is 0 Å². The number of hydroxylamine groups is 2. The van der Waals surface area contributed by atoms with Crippen LogP contribution < -0.4 is 5.32 Å². The van der Waals surface area contributed by atoms with Crippen LogP contribution in [0.15, 0.2) is 0 Å². The number of amides is 1. The molecular weight excluding hydrogens is 256 g/mol. The first kappa shape index (κ1) is 15.7. The first-order valence-corrected chi connectivity index (χ1v) is 7.38. The van der Waals surface area contributed by atoms with Gasteiger partial charge in [-0.3, -0.25) is 4.79 Å². The van der Waals surface area contributed by atoms with E-state index >= 15 is 0 Å². The van der Waals surface area contributed by atoms with Gasteiger partial charge in [0.15, 0.2) is 0 Å². The van der Waals surface area contributed by atoms with Gasteiger partial charge in [0.25, 0.3) is 5.91 Å². The summed E-state index contributed by atoms with van der Waals surface area (Å²) < 4.78 is 6.26. The summed E-state index contributed by atoms with van der Waals surface area (Å²) in [6.07, 6.45) is 2.09. The van der Waals surface area contributed by atoms with Gasteiger partial charge in [0, 0.05) is 23.9 Å². The number of nitrogens with one attached hydrogen (secondary N) is 1. The highest BCUT2D eigenvalue weighted by molar-refractivity contribution is 5.87. The third-order valence-corrected chi connectivity index (χ3v) is 4.64. The highest BCUT2D eigenvalue weighted by Crippen LogP contribution is 2.48. The molecule has 2 rings (SSSR count). The lowest BCUT2D eigenvalue weighted by atomic mass is 9.76. The number of hydrogen-bond acceptors (Lipinski definition) is 4. The Morgan fingerprint density at radius 1 is 1.20 bits per heavy atom. The Hall–Kier alpha value is -0.650. The Kier molecular flexibility index (Phi) is 3.48. The van der Waals surface area contributed by atoms with E-state index in [1.54, 1.807) is 7.11 Å². The maximum atomic E-state index is 12.3. The summed E-state index contributed by atoms with van der Waals surface area (Å²) in [7, 11) is 1.70. The van der Waals surface area contributed by atoms with Crippen LogP contribution >= 0.6 is 0 Å². The van der Waals surface area contributed by atoms with E-state index in [-0.39, 0.29) is 17.0 Å². The Bertz CT molecular complexity index is 401. The zero-order valence-electron chi connectivity index (χ0n) is 13.8. The van der Waals surface area contributed by atoms with E-state index in [9.17, 15) is 4.79 Å². The standard InChI is InChI=1S/C15H28N2O3/c1-8-14(6)11(18)16-15(20-14)9-12(2,3)17(19-7)13(4,5)10-15/h8-10H2,1-7H3,(H,16,18). The zero-order valence-corrected chi connectivity index (χ0v) is 13.8. The number of rotatable bonds is 2. The topological polar surface area (TPSA) is 50.8 Å². The Morgan fingerprint density at radius 2 is 1.70 bits per heavy atom. The van der Waals surface area contributed by atoms with Crippen LogP contribution in [0.4, 0.5) is 0 Å². The molecule has 5 heteroatoms. The van der Waals surface area contributed by atoms with Crippen LogP contribution in [0, 0.1) is 0 Å². The van der Waals surface area contributed by atoms with Crippen molar-refractivity contribution in [2.75, 3.05) is 7.11 Å². The molecule has 2 heterocycles. The second-order valence-electron chi connectivity index (χ2n) is 7.59. The van der Waals surface area contributed by atoms with Crippen molar-refractivity contribution in [2.45, 2.75) is 83.2 Å². The minimum Gasteiger partial charge on any atom is -0.340 e. The van der Waals surface area contributed by atoms with Crippen molar-refractivity contribution in [1.82, 2.24) is 10.4 Å². The number of piperidine rings is 1. The van der Waals surface area contributed by atoms with Crippen molar-refractivity contribution in [1.29, 1.82) is 0 Å². The van der Waals surface area contributed by atoms with Gasteiger partial charge in [0.05, 0.1) is 7.11 Å². The molecule has 1 atom stereocenters. The molecule has 20 heavy (non-hydrogen) atoms. The molecule has 0 radical (unpaired) electrons. The minimum atomic E-state index is -0.721. The van der Waals surface area contributed by atoms with E-state index in [0.717, 1.165) is 0 Å². The lowest BCUT2D eigenvalue weighted by molar-refractivity contribution is -0.301. The van der Waals surface area contributed by atoms with Gasteiger partial charge in [-0.25, -0.2) is 0 Å². The first-order valence-electron chi connectivity index (χ1n) is 7.38. The van der Waals surface area contributed by atoms with Crippen LogP contribution in [-0.4, -0.2) is 40.5 Å². The summed E-state index contributed by atoms with van der Waals surface area (Å²) >= 11 is 0. The molecule has 0 aliphatic carbocycles. The Balaban J connectivity index is 2.35. The van der Waals surface area contributed by atoms with Gasteiger partial charge < -0.3 is 14.9 Å². The van der Waals surface area contributed by atoms with Crippen LogP contribution in [0.2, 0.25) is 0 Å². The molecule has 0 aromatic heterocycles. The molecule has 2 fully saturated rings. The maximum Gasteiger partial charge on any atom is 0.254 e. The van der Waals surface area contributed by atoms with E-state index in [4.69, 9.17) is 9.57 Å². The molecule has 1 spiro atoms. The lowest BCUT2D eigenvalue weighted by Crippen LogP contribution is -2.67. The van der Waals surface area contributed by atoms with Crippen molar-refractivity contribution in [3.63, 3.8) is 0 Å². The van der Waals surface area contributed by atoms with Crippen LogP contribution in [0.3, 0.4) is 0 Å². The summed E-state index contributed by atoms with van der Waals surface area (Å²) in [5.74, 6) is -0.00235. The third-order valence-electron chi connectivity index (χ3n) is 4.64. The summed E-state index contributed by atoms with van der Waals surface area (Å²) in [5.41, 5.74) is -1.75. The first-order chi connectivity index (χ1) is 9.00. The van der Waals surface area contributed by atoms with Crippen LogP contribution in [-0.2, 0) is 14.4 Å². The normalized spacial score (nSPS) is 35.2. The lowest BCUT2D eigenvalue weighted by Gasteiger charge is -2.56. The van der Waals surface area contributed by atoms with Gasteiger partial charge in [-0.05, 0) is 41.0 Å². The Morgan fingerprint density at radius 3 is 2.05 bits per heavy atom.